The van der Waals surface area contributed by atoms with E-state index in [2.05, 4.69) is 26.2 Å². The lowest BCUT2D eigenvalue weighted by Crippen LogP contribution is -2.02. The van der Waals surface area contributed by atoms with E-state index < -0.39 is 17.5 Å². The molecule has 1 N–H and O–H groups in total. The molecule has 0 amide bonds. The second kappa shape index (κ2) is 5.39. The Hall–Kier alpha value is -1.56. The zero-order chi connectivity index (χ0) is 13.1. The van der Waals surface area contributed by atoms with E-state index in [4.69, 9.17) is 0 Å². The maximum Gasteiger partial charge on any atom is 0.194 e. The molecule has 0 unspecified atom stereocenters. The predicted octanol–water partition coefficient (Wildman–Crippen LogP) is 3.87. The van der Waals surface area contributed by atoms with Crippen LogP contribution in [0.1, 0.15) is 5.56 Å². The molecule has 2 nitrogen and oxygen atoms in total. The third-order valence-corrected chi connectivity index (χ3v) is 2.68. The molecule has 0 aliphatic carbocycles. The van der Waals surface area contributed by atoms with Crippen molar-refractivity contribution in [2.75, 3.05) is 5.32 Å². The lowest BCUT2D eigenvalue weighted by atomic mass is 10.2. The highest BCUT2D eigenvalue weighted by atomic mass is 79.9. The topological polar surface area (TPSA) is 24.9 Å². The van der Waals surface area contributed by atoms with Crippen LogP contribution in [0.15, 0.2) is 35.1 Å². The summed E-state index contributed by atoms with van der Waals surface area (Å²) in [6.07, 6.45) is 3.18. The van der Waals surface area contributed by atoms with Crippen molar-refractivity contribution in [3.05, 3.63) is 58.1 Å². The molecular weight excluding hydrogens is 309 g/mol. The lowest BCUT2D eigenvalue weighted by molar-refractivity contribution is 0.445. The summed E-state index contributed by atoms with van der Waals surface area (Å²) < 4.78 is 39.5. The Morgan fingerprint density at radius 2 is 1.72 bits per heavy atom. The quantitative estimate of drug-likeness (QED) is 0.869. The van der Waals surface area contributed by atoms with E-state index in [0.717, 1.165) is 16.6 Å². The van der Waals surface area contributed by atoms with Gasteiger partial charge in [-0.1, -0.05) is 0 Å². The van der Waals surface area contributed by atoms with Crippen LogP contribution in [-0.2, 0) is 6.54 Å². The molecule has 0 radical (unpaired) electrons. The van der Waals surface area contributed by atoms with E-state index in [-0.39, 0.29) is 6.54 Å². The van der Waals surface area contributed by atoms with E-state index >= 15 is 0 Å². The van der Waals surface area contributed by atoms with Crippen LogP contribution in [0.5, 0.6) is 0 Å². The fourth-order valence-corrected chi connectivity index (χ4v) is 1.79. The second-order valence-electron chi connectivity index (χ2n) is 3.62. The predicted molar refractivity (Wildman–Crippen MR) is 65.6 cm³/mol. The number of aromatic nitrogens is 1. The molecule has 0 spiro atoms. The highest BCUT2D eigenvalue weighted by Crippen LogP contribution is 2.17. The Balaban J connectivity index is 2.11. The Kier molecular flexibility index (Phi) is 3.86. The molecule has 1 aromatic carbocycles. The summed E-state index contributed by atoms with van der Waals surface area (Å²) in [5.41, 5.74) is 1.00. The van der Waals surface area contributed by atoms with Crippen LogP contribution in [0.3, 0.4) is 0 Å². The number of pyridine rings is 1. The minimum atomic E-state index is -1.46. The van der Waals surface area contributed by atoms with Gasteiger partial charge in [0.15, 0.2) is 17.5 Å². The molecule has 2 rings (SSSR count). The van der Waals surface area contributed by atoms with E-state index in [0.29, 0.717) is 11.3 Å². The van der Waals surface area contributed by atoms with Gasteiger partial charge in [-0.15, -0.1) is 0 Å². The van der Waals surface area contributed by atoms with Gasteiger partial charge in [0.2, 0.25) is 0 Å². The number of hydrogen-bond donors (Lipinski definition) is 1. The SMILES string of the molecule is Fc1cc(CNc2cncc(Br)c2)cc(F)c1F. The molecule has 1 aromatic heterocycles. The molecule has 0 atom stereocenters. The average molecular weight is 317 g/mol. The Morgan fingerprint density at radius 1 is 1.06 bits per heavy atom. The van der Waals surface area contributed by atoms with Crippen molar-refractivity contribution in [3.8, 4) is 0 Å². The summed E-state index contributed by atoms with van der Waals surface area (Å²) in [4.78, 5) is 3.93. The summed E-state index contributed by atoms with van der Waals surface area (Å²) >= 11 is 3.25. The summed E-state index contributed by atoms with van der Waals surface area (Å²) in [6.45, 7) is 0.173. The highest BCUT2D eigenvalue weighted by molar-refractivity contribution is 9.10. The first-order chi connectivity index (χ1) is 8.56. The maximum absolute atomic E-state index is 13.0. The molecular formula is C12H8BrF3N2. The van der Waals surface area contributed by atoms with Crippen molar-refractivity contribution in [1.82, 2.24) is 4.98 Å². The van der Waals surface area contributed by atoms with E-state index in [1.165, 1.54) is 0 Å². The Bertz CT molecular complexity index is 552. The molecule has 1 heterocycles. The zero-order valence-corrected chi connectivity index (χ0v) is 10.6. The zero-order valence-electron chi connectivity index (χ0n) is 9.05. The molecule has 2 aromatic rings. The van der Waals surface area contributed by atoms with Crippen LogP contribution < -0.4 is 5.32 Å². The van der Waals surface area contributed by atoms with E-state index in [1.807, 2.05) is 0 Å². The molecule has 0 aliphatic rings. The maximum atomic E-state index is 13.0. The molecule has 0 bridgehead atoms. The van der Waals surface area contributed by atoms with Crippen LogP contribution in [-0.4, -0.2) is 4.98 Å². The third-order valence-electron chi connectivity index (χ3n) is 2.25. The number of hydrogen-bond acceptors (Lipinski definition) is 2. The first kappa shape index (κ1) is 12.9. The molecule has 18 heavy (non-hydrogen) atoms. The number of halogens is 4. The van der Waals surface area contributed by atoms with Gasteiger partial charge in [0, 0.05) is 17.2 Å². The normalized spacial score (nSPS) is 10.4. The van der Waals surface area contributed by atoms with Gasteiger partial charge < -0.3 is 5.32 Å². The Labute approximate surface area is 110 Å². The van der Waals surface area contributed by atoms with Crippen LogP contribution in [0, 0.1) is 17.5 Å². The molecule has 0 fully saturated rings. The molecule has 0 saturated heterocycles. The summed E-state index contributed by atoms with van der Waals surface area (Å²) in [7, 11) is 0. The van der Waals surface area contributed by atoms with Crippen molar-refractivity contribution < 1.29 is 13.2 Å². The molecule has 0 aliphatic heterocycles. The van der Waals surface area contributed by atoms with E-state index in [9.17, 15) is 13.2 Å². The van der Waals surface area contributed by atoms with Gasteiger partial charge >= 0.3 is 0 Å². The minimum absolute atomic E-state index is 0.173. The van der Waals surface area contributed by atoms with Gasteiger partial charge in [0.05, 0.1) is 11.9 Å². The number of benzene rings is 1. The van der Waals surface area contributed by atoms with Crippen molar-refractivity contribution in [2.45, 2.75) is 6.54 Å². The average Bonchev–Trinajstić information content (AvgIpc) is 2.33. The fourth-order valence-electron chi connectivity index (χ4n) is 1.42. The molecule has 6 heteroatoms. The number of nitrogens with one attached hydrogen (secondary N) is 1. The van der Waals surface area contributed by atoms with Crippen molar-refractivity contribution in [3.63, 3.8) is 0 Å². The second-order valence-corrected chi connectivity index (χ2v) is 4.53. The first-order valence-corrected chi connectivity index (χ1v) is 5.83. The van der Waals surface area contributed by atoms with Crippen LogP contribution in [0.2, 0.25) is 0 Å². The Morgan fingerprint density at radius 3 is 2.33 bits per heavy atom. The first-order valence-electron chi connectivity index (χ1n) is 5.04. The number of nitrogens with zero attached hydrogens (tertiary/aromatic N) is 1. The van der Waals surface area contributed by atoms with Crippen LogP contribution in [0.4, 0.5) is 18.9 Å². The summed E-state index contributed by atoms with van der Waals surface area (Å²) in [6, 6.07) is 3.68. The minimum Gasteiger partial charge on any atom is -0.380 e. The summed E-state index contributed by atoms with van der Waals surface area (Å²) in [5, 5.41) is 2.93. The highest BCUT2D eigenvalue weighted by Gasteiger charge is 2.10. The third kappa shape index (κ3) is 3.01. The summed E-state index contributed by atoms with van der Waals surface area (Å²) in [5.74, 6) is -3.85. The smallest absolute Gasteiger partial charge is 0.194 e. The van der Waals surface area contributed by atoms with Crippen molar-refractivity contribution in [1.29, 1.82) is 0 Å². The van der Waals surface area contributed by atoms with Gasteiger partial charge in [0.1, 0.15) is 0 Å². The largest absolute Gasteiger partial charge is 0.380 e. The number of anilines is 1. The van der Waals surface area contributed by atoms with Gasteiger partial charge in [-0.2, -0.15) is 0 Å². The lowest BCUT2D eigenvalue weighted by Gasteiger charge is -2.07. The van der Waals surface area contributed by atoms with Crippen molar-refractivity contribution in [2.24, 2.45) is 0 Å². The number of rotatable bonds is 3. The molecule has 0 saturated carbocycles. The van der Waals surface area contributed by atoms with Gasteiger partial charge in [-0.3, -0.25) is 4.98 Å². The van der Waals surface area contributed by atoms with Crippen LogP contribution >= 0.6 is 15.9 Å². The van der Waals surface area contributed by atoms with Crippen LogP contribution in [0.25, 0.3) is 0 Å². The van der Waals surface area contributed by atoms with Gasteiger partial charge in [0.25, 0.3) is 0 Å². The van der Waals surface area contributed by atoms with E-state index in [1.54, 1.807) is 18.5 Å². The van der Waals surface area contributed by atoms with Crippen molar-refractivity contribution >= 4 is 21.6 Å². The standard InChI is InChI=1S/C12H8BrF3N2/c13-8-3-9(6-17-5-8)18-4-7-1-10(14)12(16)11(15)2-7/h1-3,5-6,18H,4H2. The van der Waals surface area contributed by atoms with Gasteiger partial charge in [-0.25, -0.2) is 13.2 Å². The van der Waals surface area contributed by atoms with Gasteiger partial charge in [-0.05, 0) is 39.7 Å². The molecule has 94 valence electrons. The fraction of sp³-hybridized carbons (Fsp3) is 0.0833. The monoisotopic (exact) mass is 316 g/mol.